The standard InChI is InChI=1S/C11H13FO2/c1-7(2)14-11(13)10-5-4-9(12)6-8(10)3/h4-7H,1-3H3. The van der Waals surface area contributed by atoms with Gasteiger partial charge in [-0.15, -0.1) is 0 Å². The lowest BCUT2D eigenvalue weighted by Crippen LogP contribution is -2.12. The zero-order valence-electron chi connectivity index (χ0n) is 8.50. The first-order chi connectivity index (χ1) is 6.50. The first-order valence-electron chi connectivity index (χ1n) is 4.48. The average molecular weight is 196 g/mol. The second kappa shape index (κ2) is 4.22. The van der Waals surface area contributed by atoms with Crippen LogP contribution in [-0.2, 0) is 4.74 Å². The molecule has 0 unspecified atom stereocenters. The van der Waals surface area contributed by atoms with Crippen molar-refractivity contribution in [3.8, 4) is 0 Å². The third-order valence-electron chi connectivity index (χ3n) is 1.75. The van der Waals surface area contributed by atoms with Gasteiger partial charge < -0.3 is 4.74 Å². The predicted molar refractivity (Wildman–Crippen MR) is 51.7 cm³/mol. The average Bonchev–Trinajstić information content (AvgIpc) is 2.01. The molecular formula is C11H13FO2. The number of ether oxygens (including phenoxy) is 1. The van der Waals surface area contributed by atoms with Crippen LogP contribution in [0.25, 0.3) is 0 Å². The van der Waals surface area contributed by atoms with Gasteiger partial charge >= 0.3 is 5.97 Å². The molecule has 0 aliphatic heterocycles. The Balaban J connectivity index is 2.90. The Bertz CT molecular complexity index is 345. The van der Waals surface area contributed by atoms with E-state index in [0.29, 0.717) is 11.1 Å². The van der Waals surface area contributed by atoms with Gasteiger partial charge in [0.1, 0.15) is 5.82 Å². The molecule has 1 aromatic carbocycles. The van der Waals surface area contributed by atoms with E-state index in [1.165, 1.54) is 18.2 Å². The zero-order chi connectivity index (χ0) is 10.7. The minimum Gasteiger partial charge on any atom is -0.459 e. The molecule has 0 saturated carbocycles. The van der Waals surface area contributed by atoms with Gasteiger partial charge in [0.15, 0.2) is 0 Å². The summed E-state index contributed by atoms with van der Waals surface area (Å²) < 4.78 is 17.7. The third kappa shape index (κ3) is 2.55. The molecule has 0 N–H and O–H groups in total. The molecule has 1 aromatic rings. The molecular weight excluding hydrogens is 183 g/mol. The lowest BCUT2D eigenvalue weighted by atomic mass is 10.1. The van der Waals surface area contributed by atoms with Gasteiger partial charge in [0.2, 0.25) is 0 Å². The highest BCUT2D eigenvalue weighted by atomic mass is 19.1. The first kappa shape index (κ1) is 10.7. The smallest absolute Gasteiger partial charge is 0.338 e. The van der Waals surface area contributed by atoms with E-state index in [1.54, 1.807) is 20.8 Å². The van der Waals surface area contributed by atoms with Crippen LogP contribution in [-0.4, -0.2) is 12.1 Å². The fourth-order valence-electron chi connectivity index (χ4n) is 1.13. The number of carbonyl (C=O) groups excluding carboxylic acids is 1. The van der Waals surface area contributed by atoms with Crippen LogP contribution in [0.1, 0.15) is 29.8 Å². The fraction of sp³-hybridized carbons (Fsp3) is 0.364. The third-order valence-corrected chi connectivity index (χ3v) is 1.75. The Morgan fingerprint density at radius 2 is 2.07 bits per heavy atom. The maximum absolute atomic E-state index is 12.7. The van der Waals surface area contributed by atoms with Crippen LogP contribution in [0.4, 0.5) is 4.39 Å². The van der Waals surface area contributed by atoms with Crippen molar-refractivity contribution in [2.45, 2.75) is 26.9 Å². The monoisotopic (exact) mass is 196 g/mol. The molecule has 0 aliphatic rings. The highest BCUT2D eigenvalue weighted by Crippen LogP contribution is 2.12. The molecule has 3 heteroatoms. The van der Waals surface area contributed by atoms with Crippen molar-refractivity contribution in [3.63, 3.8) is 0 Å². The molecule has 0 amide bonds. The Morgan fingerprint density at radius 3 is 2.57 bits per heavy atom. The van der Waals surface area contributed by atoms with Crippen LogP contribution in [0.3, 0.4) is 0 Å². The number of aryl methyl sites for hydroxylation is 1. The number of benzene rings is 1. The van der Waals surface area contributed by atoms with E-state index in [2.05, 4.69) is 0 Å². The topological polar surface area (TPSA) is 26.3 Å². The summed E-state index contributed by atoms with van der Waals surface area (Å²) in [5, 5.41) is 0. The molecule has 0 radical (unpaired) electrons. The number of hydrogen-bond acceptors (Lipinski definition) is 2. The van der Waals surface area contributed by atoms with Crippen molar-refractivity contribution < 1.29 is 13.9 Å². The molecule has 1 rings (SSSR count). The molecule has 0 aliphatic carbocycles. The van der Waals surface area contributed by atoms with Crippen LogP contribution >= 0.6 is 0 Å². The van der Waals surface area contributed by atoms with Crippen molar-refractivity contribution in [2.24, 2.45) is 0 Å². The van der Waals surface area contributed by atoms with Crippen LogP contribution in [0.15, 0.2) is 18.2 Å². The Hall–Kier alpha value is -1.38. The number of rotatable bonds is 2. The quantitative estimate of drug-likeness (QED) is 0.680. The summed E-state index contributed by atoms with van der Waals surface area (Å²) in [7, 11) is 0. The minimum absolute atomic E-state index is 0.160. The fourth-order valence-corrected chi connectivity index (χ4v) is 1.13. The molecule has 0 bridgehead atoms. The molecule has 0 heterocycles. The van der Waals surface area contributed by atoms with Gasteiger partial charge in [0.05, 0.1) is 11.7 Å². The van der Waals surface area contributed by atoms with E-state index >= 15 is 0 Å². The second-order valence-electron chi connectivity index (χ2n) is 3.41. The molecule has 76 valence electrons. The summed E-state index contributed by atoms with van der Waals surface area (Å²) in [6, 6.07) is 4.01. The second-order valence-corrected chi connectivity index (χ2v) is 3.41. The first-order valence-corrected chi connectivity index (χ1v) is 4.48. The van der Waals surface area contributed by atoms with Gasteiger partial charge in [-0.2, -0.15) is 0 Å². The van der Waals surface area contributed by atoms with Gasteiger partial charge in [0.25, 0.3) is 0 Å². The van der Waals surface area contributed by atoms with Crippen LogP contribution < -0.4 is 0 Å². The van der Waals surface area contributed by atoms with E-state index in [-0.39, 0.29) is 11.9 Å². The lowest BCUT2D eigenvalue weighted by Gasteiger charge is -2.09. The van der Waals surface area contributed by atoms with E-state index in [0.717, 1.165) is 0 Å². The summed E-state index contributed by atoms with van der Waals surface area (Å²) in [5.41, 5.74) is 1.01. The molecule has 0 fully saturated rings. The number of carbonyl (C=O) groups is 1. The summed E-state index contributed by atoms with van der Waals surface area (Å²) in [5.74, 6) is -0.749. The summed E-state index contributed by atoms with van der Waals surface area (Å²) >= 11 is 0. The highest BCUT2D eigenvalue weighted by Gasteiger charge is 2.11. The van der Waals surface area contributed by atoms with Crippen LogP contribution in [0.5, 0.6) is 0 Å². The predicted octanol–water partition coefficient (Wildman–Crippen LogP) is 2.70. The molecule has 14 heavy (non-hydrogen) atoms. The maximum atomic E-state index is 12.7. The Labute approximate surface area is 82.7 Å². The van der Waals surface area contributed by atoms with Crippen molar-refractivity contribution in [1.82, 2.24) is 0 Å². The summed E-state index contributed by atoms with van der Waals surface area (Å²) in [4.78, 5) is 11.4. The van der Waals surface area contributed by atoms with Crippen molar-refractivity contribution >= 4 is 5.97 Å². The van der Waals surface area contributed by atoms with Gasteiger partial charge in [-0.1, -0.05) is 0 Å². The number of esters is 1. The molecule has 2 nitrogen and oxygen atoms in total. The molecule has 0 spiro atoms. The molecule has 0 saturated heterocycles. The van der Waals surface area contributed by atoms with Crippen molar-refractivity contribution in [1.29, 1.82) is 0 Å². The number of halogens is 1. The lowest BCUT2D eigenvalue weighted by molar-refractivity contribution is 0.0377. The molecule has 0 aromatic heterocycles. The normalized spacial score (nSPS) is 10.4. The van der Waals surface area contributed by atoms with Gasteiger partial charge in [-0.3, -0.25) is 0 Å². The summed E-state index contributed by atoms with van der Waals surface area (Å²) in [6.07, 6.45) is -0.160. The van der Waals surface area contributed by atoms with E-state index in [1.807, 2.05) is 0 Å². The Morgan fingerprint density at radius 1 is 1.43 bits per heavy atom. The van der Waals surface area contributed by atoms with Gasteiger partial charge in [-0.25, -0.2) is 9.18 Å². The summed E-state index contributed by atoms with van der Waals surface area (Å²) in [6.45, 7) is 5.23. The Kier molecular flexibility index (Phi) is 3.23. The SMILES string of the molecule is Cc1cc(F)ccc1C(=O)OC(C)C. The molecule has 0 atom stereocenters. The van der Waals surface area contributed by atoms with Gasteiger partial charge in [-0.05, 0) is 44.5 Å². The van der Waals surface area contributed by atoms with Gasteiger partial charge in [0, 0.05) is 0 Å². The minimum atomic E-state index is -0.405. The van der Waals surface area contributed by atoms with E-state index < -0.39 is 5.97 Å². The number of hydrogen-bond donors (Lipinski definition) is 0. The van der Waals surface area contributed by atoms with Crippen LogP contribution in [0, 0.1) is 12.7 Å². The maximum Gasteiger partial charge on any atom is 0.338 e. The van der Waals surface area contributed by atoms with Crippen LogP contribution in [0.2, 0.25) is 0 Å². The van der Waals surface area contributed by atoms with E-state index in [4.69, 9.17) is 4.74 Å². The highest BCUT2D eigenvalue weighted by molar-refractivity contribution is 5.91. The van der Waals surface area contributed by atoms with Crippen molar-refractivity contribution in [2.75, 3.05) is 0 Å². The van der Waals surface area contributed by atoms with Crippen molar-refractivity contribution in [3.05, 3.63) is 35.1 Å². The largest absolute Gasteiger partial charge is 0.459 e. The zero-order valence-corrected chi connectivity index (χ0v) is 8.50. The van der Waals surface area contributed by atoms with E-state index in [9.17, 15) is 9.18 Å².